The van der Waals surface area contributed by atoms with Gasteiger partial charge in [-0.25, -0.2) is 0 Å². The van der Waals surface area contributed by atoms with Crippen molar-refractivity contribution in [2.45, 2.75) is 26.3 Å². The summed E-state index contributed by atoms with van der Waals surface area (Å²) >= 11 is 5.98. The molecule has 7 heteroatoms. The van der Waals surface area contributed by atoms with Crippen molar-refractivity contribution in [3.8, 4) is 11.5 Å². The number of ether oxygens (including phenoxy) is 1. The van der Waals surface area contributed by atoms with E-state index < -0.39 is 17.7 Å². The number of carbonyl (C=O) groups excluding carboxylic acids is 2. The molecule has 1 unspecified atom stereocenters. The SMILES string of the molecule is COc1cc(C)c(/C(O)=C2\C(=O)C(=O)N(CCc3ccc(Cl)cc3)C2c2ccc(O)cc2)cc1C. The lowest BCUT2D eigenvalue weighted by molar-refractivity contribution is -0.139. The maximum atomic E-state index is 13.3. The van der Waals surface area contributed by atoms with E-state index in [0.29, 0.717) is 33.9 Å². The highest BCUT2D eigenvalue weighted by atomic mass is 35.5. The molecule has 0 aliphatic carbocycles. The number of aliphatic hydroxyl groups excluding tert-OH is 1. The fourth-order valence-electron chi connectivity index (χ4n) is 4.42. The lowest BCUT2D eigenvalue weighted by atomic mass is 9.93. The molecule has 0 spiro atoms. The van der Waals surface area contributed by atoms with Gasteiger partial charge in [0.25, 0.3) is 11.7 Å². The third-order valence-corrected chi connectivity index (χ3v) is 6.55. The topological polar surface area (TPSA) is 87.1 Å². The minimum Gasteiger partial charge on any atom is -0.508 e. The first kappa shape index (κ1) is 24.4. The van der Waals surface area contributed by atoms with Crippen LogP contribution in [0.15, 0.2) is 66.2 Å². The summed E-state index contributed by atoms with van der Waals surface area (Å²) in [6.07, 6.45) is 0.499. The van der Waals surface area contributed by atoms with Crippen LogP contribution in [0.1, 0.15) is 33.9 Å². The molecule has 0 saturated carbocycles. The van der Waals surface area contributed by atoms with Crippen LogP contribution >= 0.6 is 11.6 Å². The molecule has 3 aromatic carbocycles. The highest BCUT2D eigenvalue weighted by Crippen LogP contribution is 2.41. The molecule has 1 amide bonds. The second kappa shape index (κ2) is 9.84. The van der Waals surface area contributed by atoms with E-state index in [4.69, 9.17) is 16.3 Å². The van der Waals surface area contributed by atoms with Crippen LogP contribution in [0.2, 0.25) is 5.02 Å². The Hall–Kier alpha value is -3.77. The molecule has 35 heavy (non-hydrogen) atoms. The maximum Gasteiger partial charge on any atom is 0.295 e. The molecule has 6 nitrogen and oxygen atoms in total. The first-order valence-corrected chi connectivity index (χ1v) is 11.6. The fourth-order valence-corrected chi connectivity index (χ4v) is 4.55. The number of halogens is 1. The summed E-state index contributed by atoms with van der Waals surface area (Å²) in [5.74, 6) is -0.935. The van der Waals surface area contributed by atoms with E-state index in [9.17, 15) is 19.8 Å². The van der Waals surface area contributed by atoms with Crippen molar-refractivity contribution in [2.24, 2.45) is 0 Å². The Bertz CT molecular complexity index is 1310. The number of rotatable bonds is 6. The number of methoxy groups -OCH3 is 1. The van der Waals surface area contributed by atoms with Gasteiger partial charge in [-0.15, -0.1) is 0 Å². The van der Waals surface area contributed by atoms with Crippen LogP contribution < -0.4 is 4.74 Å². The van der Waals surface area contributed by atoms with Gasteiger partial charge in [-0.2, -0.15) is 0 Å². The highest BCUT2D eigenvalue weighted by molar-refractivity contribution is 6.46. The summed E-state index contributed by atoms with van der Waals surface area (Å²) in [6, 6.07) is 16.3. The molecule has 1 heterocycles. The summed E-state index contributed by atoms with van der Waals surface area (Å²) in [5.41, 5.74) is 3.55. The lowest BCUT2D eigenvalue weighted by Crippen LogP contribution is -2.31. The number of aliphatic hydroxyl groups is 1. The number of nitrogens with zero attached hydrogens (tertiary/aromatic N) is 1. The fraction of sp³-hybridized carbons (Fsp3) is 0.214. The van der Waals surface area contributed by atoms with E-state index in [1.165, 1.54) is 17.0 Å². The normalized spacial score (nSPS) is 17.1. The Morgan fingerprint density at radius 2 is 1.66 bits per heavy atom. The van der Waals surface area contributed by atoms with E-state index in [0.717, 1.165) is 11.1 Å². The molecule has 0 aromatic heterocycles. The van der Waals surface area contributed by atoms with Gasteiger partial charge in [0, 0.05) is 17.1 Å². The lowest BCUT2D eigenvalue weighted by Gasteiger charge is -2.25. The van der Waals surface area contributed by atoms with E-state index in [2.05, 4.69) is 0 Å². The monoisotopic (exact) mass is 491 g/mol. The molecule has 1 atom stereocenters. The number of likely N-dealkylation sites (tertiary alicyclic amines) is 1. The number of hydrogen-bond acceptors (Lipinski definition) is 5. The largest absolute Gasteiger partial charge is 0.508 e. The molecule has 180 valence electrons. The van der Waals surface area contributed by atoms with Crippen LogP contribution in [-0.4, -0.2) is 40.5 Å². The number of phenols is 1. The molecule has 1 aliphatic heterocycles. The number of Topliss-reactive ketones (excluding diaryl/α,β-unsaturated/α-hetero) is 1. The number of amides is 1. The average molecular weight is 492 g/mol. The van der Waals surface area contributed by atoms with Crippen molar-refractivity contribution >= 4 is 29.1 Å². The second-order valence-electron chi connectivity index (χ2n) is 8.60. The predicted molar refractivity (Wildman–Crippen MR) is 135 cm³/mol. The molecular formula is C28H26ClNO5. The highest BCUT2D eigenvalue weighted by Gasteiger charge is 2.46. The number of carbonyl (C=O) groups is 2. The molecule has 3 aromatic rings. The van der Waals surface area contributed by atoms with Crippen LogP contribution in [0.3, 0.4) is 0 Å². The van der Waals surface area contributed by atoms with Gasteiger partial charge in [-0.1, -0.05) is 35.9 Å². The van der Waals surface area contributed by atoms with Crippen molar-refractivity contribution in [3.05, 3.63) is 99.1 Å². The van der Waals surface area contributed by atoms with E-state index in [1.54, 1.807) is 43.5 Å². The van der Waals surface area contributed by atoms with Crippen LogP contribution in [0.25, 0.3) is 5.76 Å². The minimum absolute atomic E-state index is 0.0180. The third-order valence-electron chi connectivity index (χ3n) is 6.30. The number of aromatic hydroxyl groups is 1. The van der Waals surface area contributed by atoms with Crippen LogP contribution in [0.4, 0.5) is 0 Å². The minimum atomic E-state index is -0.801. The van der Waals surface area contributed by atoms with E-state index >= 15 is 0 Å². The summed E-state index contributed by atoms with van der Waals surface area (Å²) in [7, 11) is 1.57. The third kappa shape index (κ3) is 4.75. The van der Waals surface area contributed by atoms with Gasteiger partial charge < -0.3 is 19.8 Å². The number of benzene rings is 3. The van der Waals surface area contributed by atoms with Crippen molar-refractivity contribution < 1.29 is 24.5 Å². The Balaban J connectivity index is 1.81. The van der Waals surface area contributed by atoms with Gasteiger partial charge in [-0.05, 0) is 78.9 Å². The van der Waals surface area contributed by atoms with Crippen molar-refractivity contribution in [2.75, 3.05) is 13.7 Å². The molecule has 0 radical (unpaired) electrons. The van der Waals surface area contributed by atoms with Crippen molar-refractivity contribution in [1.29, 1.82) is 0 Å². The first-order chi connectivity index (χ1) is 16.7. The predicted octanol–water partition coefficient (Wildman–Crippen LogP) is 5.34. The quantitative estimate of drug-likeness (QED) is 0.276. The molecule has 4 rings (SSSR count). The van der Waals surface area contributed by atoms with Crippen LogP contribution in [-0.2, 0) is 16.0 Å². The number of ketones is 1. The molecule has 2 N–H and O–H groups in total. The Labute approximate surface area is 209 Å². The molecule has 1 fully saturated rings. The maximum absolute atomic E-state index is 13.3. The number of phenolic OH excluding ortho intramolecular Hbond substituents is 1. The zero-order valence-electron chi connectivity index (χ0n) is 19.7. The smallest absolute Gasteiger partial charge is 0.295 e. The second-order valence-corrected chi connectivity index (χ2v) is 9.03. The Kier molecular flexibility index (Phi) is 6.85. The van der Waals surface area contributed by atoms with Gasteiger partial charge in [-0.3, -0.25) is 9.59 Å². The van der Waals surface area contributed by atoms with Gasteiger partial charge >= 0.3 is 0 Å². The van der Waals surface area contributed by atoms with Crippen LogP contribution in [0.5, 0.6) is 11.5 Å². The summed E-state index contributed by atoms with van der Waals surface area (Å²) in [4.78, 5) is 27.9. The van der Waals surface area contributed by atoms with Gasteiger partial charge in [0.05, 0.1) is 18.7 Å². The summed E-state index contributed by atoms with van der Waals surface area (Å²) < 4.78 is 5.37. The van der Waals surface area contributed by atoms with Crippen LogP contribution in [0, 0.1) is 13.8 Å². The van der Waals surface area contributed by atoms with E-state index in [-0.39, 0.29) is 23.6 Å². The van der Waals surface area contributed by atoms with Crippen molar-refractivity contribution in [1.82, 2.24) is 4.90 Å². The zero-order chi connectivity index (χ0) is 25.3. The summed E-state index contributed by atoms with van der Waals surface area (Å²) in [5, 5.41) is 21.8. The van der Waals surface area contributed by atoms with Crippen molar-refractivity contribution in [3.63, 3.8) is 0 Å². The standard InChI is InChI=1S/C28H26ClNO5/c1-16-15-23(35-3)17(2)14-22(16)26(32)24-25(19-6-10-21(31)11-7-19)30(28(34)27(24)33)13-12-18-4-8-20(29)9-5-18/h4-11,14-15,25,31-32H,12-13H2,1-3H3/b26-24+. The van der Waals surface area contributed by atoms with Gasteiger partial charge in [0.15, 0.2) is 0 Å². The Morgan fingerprint density at radius 3 is 2.29 bits per heavy atom. The summed E-state index contributed by atoms with van der Waals surface area (Å²) in [6.45, 7) is 3.91. The van der Waals surface area contributed by atoms with Gasteiger partial charge in [0.2, 0.25) is 0 Å². The molecule has 0 bridgehead atoms. The number of hydrogen-bond donors (Lipinski definition) is 2. The molecular weight excluding hydrogens is 466 g/mol. The van der Waals surface area contributed by atoms with Gasteiger partial charge in [0.1, 0.15) is 17.3 Å². The molecule has 1 aliphatic rings. The average Bonchev–Trinajstić information content (AvgIpc) is 3.09. The molecule has 1 saturated heterocycles. The number of aryl methyl sites for hydroxylation is 2. The van der Waals surface area contributed by atoms with E-state index in [1.807, 2.05) is 26.0 Å². The zero-order valence-corrected chi connectivity index (χ0v) is 20.5. The Morgan fingerprint density at radius 1 is 1.00 bits per heavy atom. The first-order valence-electron chi connectivity index (χ1n) is 11.2.